The normalized spacial score (nSPS) is 16.0. The molecule has 2 aliphatic rings. The topological polar surface area (TPSA) is 94.8 Å². The van der Waals surface area contributed by atoms with Gasteiger partial charge in [-0.25, -0.2) is 9.97 Å². The molecule has 0 aliphatic carbocycles. The van der Waals surface area contributed by atoms with Gasteiger partial charge in [-0.3, -0.25) is 9.36 Å². The van der Waals surface area contributed by atoms with Crippen molar-refractivity contribution in [1.29, 1.82) is 0 Å². The number of hydrogen-bond donors (Lipinski definition) is 0. The lowest BCUT2D eigenvalue weighted by atomic mass is 10.0. The van der Waals surface area contributed by atoms with Crippen molar-refractivity contribution in [2.24, 2.45) is 0 Å². The highest BCUT2D eigenvalue weighted by molar-refractivity contribution is 5.93. The molecule has 2 aromatic heterocycles. The van der Waals surface area contributed by atoms with Crippen LogP contribution in [0.15, 0.2) is 71.8 Å². The molecule has 4 heterocycles. The minimum absolute atomic E-state index is 0.0204. The number of benzene rings is 3. The van der Waals surface area contributed by atoms with E-state index >= 15 is 0 Å². The average molecular weight is 593 g/mol. The van der Waals surface area contributed by atoms with E-state index in [0.29, 0.717) is 42.7 Å². The summed E-state index contributed by atoms with van der Waals surface area (Å²) in [5, 5.41) is 1.58. The third-order valence-electron chi connectivity index (χ3n) is 8.58. The Bertz CT molecular complexity index is 1850. The number of morpholine rings is 1. The maximum Gasteiger partial charge on any atom is 0.261 e. The fourth-order valence-electron chi connectivity index (χ4n) is 6.13. The molecule has 44 heavy (non-hydrogen) atoms. The SMILES string of the molecule is COc1cc2c(N3CCC(n4cnc5ccc(C)cc5c4=O)CC3)nc(N3CCOCC3)nc2cc1OCc1ccccc1. The van der Waals surface area contributed by atoms with E-state index in [2.05, 4.69) is 14.8 Å². The lowest BCUT2D eigenvalue weighted by Gasteiger charge is -2.35. The first-order valence-electron chi connectivity index (χ1n) is 15.2. The third kappa shape index (κ3) is 5.53. The Morgan fingerprint density at radius 2 is 1.66 bits per heavy atom. The molecule has 0 N–H and O–H groups in total. The molecule has 7 rings (SSSR count). The monoisotopic (exact) mass is 592 g/mol. The molecule has 3 aromatic carbocycles. The summed E-state index contributed by atoms with van der Waals surface area (Å²) in [6.45, 7) is 6.66. The highest BCUT2D eigenvalue weighted by Crippen LogP contribution is 2.38. The summed E-state index contributed by atoms with van der Waals surface area (Å²) in [7, 11) is 1.65. The fourth-order valence-corrected chi connectivity index (χ4v) is 6.13. The van der Waals surface area contributed by atoms with E-state index in [9.17, 15) is 4.79 Å². The molecule has 0 bridgehead atoms. The maximum absolute atomic E-state index is 13.4. The quantitative estimate of drug-likeness (QED) is 0.261. The van der Waals surface area contributed by atoms with Gasteiger partial charge in [0.25, 0.3) is 5.56 Å². The lowest BCUT2D eigenvalue weighted by Crippen LogP contribution is -2.39. The van der Waals surface area contributed by atoms with Crippen molar-refractivity contribution in [1.82, 2.24) is 19.5 Å². The van der Waals surface area contributed by atoms with Crippen LogP contribution in [-0.4, -0.2) is 66.0 Å². The Balaban J connectivity index is 1.21. The van der Waals surface area contributed by atoms with Crippen LogP contribution in [0.4, 0.5) is 11.8 Å². The van der Waals surface area contributed by atoms with E-state index in [1.165, 1.54) is 0 Å². The lowest BCUT2D eigenvalue weighted by molar-refractivity contribution is 0.122. The average Bonchev–Trinajstić information content (AvgIpc) is 3.08. The largest absolute Gasteiger partial charge is 0.493 e. The van der Waals surface area contributed by atoms with E-state index in [4.69, 9.17) is 24.2 Å². The van der Waals surface area contributed by atoms with Crippen molar-refractivity contribution in [2.45, 2.75) is 32.4 Å². The van der Waals surface area contributed by atoms with Gasteiger partial charge < -0.3 is 24.0 Å². The zero-order valence-corrected chi connectivity index (χ0v) is 25.1. The van der Waals surface area contributed by atoms with Gasteiger partial charge in [-0.2, -0.15) is 4.98 Å². The summed E-state index contributed by atoms with van der Waals surface area (Å²) >= 11 is 0. The van der Waals surface area contributed by atoms with Crippen molar-refractivity contribution in [3.05, 3.63) is 88.5 Å². The molecule has 0 radical (unpaired) electrons. The van der Waals surface area contributed by atoms with Gasteiger partial charge in [-0.1, -0.05) is 42.0 Å². The van der Waals surface area contributed by atoms with Crippen LogP contribution >= 0.6 is 0 Å². The van der Waals surface area contributed by atoms with Gasteiger partial charge in [-0.15, -0.1) is 0 Å². The van der Waals surface area contributed by atoms with Crippen LogP contribution in [0.5, 0.6) is 11.5 Å². The summed E-state index contributed by atoms with van der Waals surface area (Å²) in [5.74, 6) is 2.82. The van der Waals surface area contributed by atoms with E-state index < -0.39 is 0 Å². The van der Waals surface area contributed by atoms with Gasteiger partial charge in [0.1, 0.15) is 12.4 Å². The van der Waals surface area contributed by atoms with Gasteiger partial charge in [-0.05, 0) is 43.5 Å². The molecule has 0 unspecified atom stereocenters. The zero-order chi connectivity index (χ0) is 30.0. The number of piperidine rings is 1. The molecule has 0 saturated carbocycles. The summed E-state index contributed by atoms with van der Waals surface area (Å²) < 4.78 is 19.4. The first-order valence-corrected chi connectivity index (χ1v) is 15.2. The molecule has 226 valence electrons. The first kappa shape index (κ1) is 28.1. The molecule has 0 atom stereocenters. The van der Waals surface area contributed by atoms with Gasteiger partial charge in [0.15, 0.2) is 11.5 Å². The van der Waals surface area contributed by atoms with Crippen LogP contribution in [0, 0.1) is 6.92 Å². The summed E-state index contributed by atoms with van der Waals surface area (Å²) in [6.07, 6.45) is 3.30. The van der Waals surface area contributed by atoms with E-state index in [1.54, 1.807) is 13.4 Å². The molecular formula is C34H36N6O4. The zero-order valence-electron chi connectivity index (χ0n) is 25.1. The number of fused-ring (bicyclic) bond motifs is 2. The molecular weight excluding hydrogens is 556 g/mol. The molecule has 0 amide bonds. The molecule has 0 spiro atoms. The third-order valence-corrected chi connectivity index (χ3v) is 8.58. The minimum Gasteiger partial charge on any atom is -0.493 e. The van der Waals surface area contributed by atoms with Crippen molar-refractivity contribution >= 4 is 33.6 Å². The smallest absolute Gasteiger partial charge is 0.261 e. The van der Waals surface area contributed by atoms with Crippen molar-refractivity contribution in [3.8, 4) is 11.5 Å². The van der Waals surface area contributed by atoms with Crippen LogP contribution in [0.25, 0.3) is 21.8 Å². The predicted octanol–water partition coefficient (Wildman–Crippen LogP) is 4.91. The number of anilines is 2. The molecule has 10 heteroatoms. The van der Waals surface area contributed by atoms with Gasteiger partial charge in [0.2, 0.25) is 5.95 Å². The van der Waals surface area contributed by atoms with Crippen LogP contribution in [0.1, 0.15) is 30.0 Å². The van der Waals surface area contributed by atoms with Crippen molar-refractivity contribution in [3.63, 3.8) is 0 Å². The first-order chi connectivity index (χ1) is 21.6. The van der Waals surface area contributed by atoms with Crippen LogP contribution in [0.2, 0.25) is 0 Å². The Hall–Kier alpha value is -4.70. The van der Waals surface area contributed by atoms with Gasteiger partial charge in [0.05, 0.1) is 43.1 Å². The Morgan fingerprint density at radius 1 is 0.864 bits per heavy atom. The second kappa shape index (κ2) is 12.1. The Kier molecular flexibility index (Phi) is 7.74. The molecule has 10 nitrogen and oxygen atoms in total. The number of rotatable bonds is 7. The Labute approximate surface area is 255 Å². The number of ether oxygens (including phenoxy) is 3. The number of hydrogen-bond acceptors (Lipinski definition) is 9. The second-order valence-corrected chi connectivity index (χ2v) is 11.4. The molecule has 5 aromatic rings. The van der Waals surface area contributed by atoms with Gasteiger partial charge >= 0.3 is 0 Å². The summed E-state index contributed by atoms with van der Waals surface area (Å²) in [6, 6.07) is 19.9. The molecule has 2 aliphatic heterocycles. The number of aromatic nitrogens is 4. The van der Waals surface area contributed by atoms with Crippen LogP contribution in [-0.2, 0) is 11.3 Å². The minimum atomic E-state index is 0.0204. The number of aryl methyl sites for hydroxylation is 1. The fraction of sp³-hybridized carbons (Fsp3) is 0.353. The maximum atomic E-state index is 13.4. The number of nitrogens with zero attached hydrogens (tertiary/aromatic N) is 6. The van der Waals surface area contributed by atoms with Crippen LogP contribution < -0.4 is 24.8 Å². The number of methoxy groups -OCH3 is 1. The second-order valence-electron chi connectivity index (χ2n) is 11.4. The molecule has 2 saturated heterocycles. The molecule has 2 fully saturated rings. The standard InChI is InChI=1S/C34H36N6O4/c1-23-8-9-28-27(18-23)33(41)40(22-35-28)25-10-12-38(13-11-25)32-26-19-30(42-2)31(44-21-24-6-4-3-5-7-24)20-29(26)36-34(37-32)39-14-16-43-17-15-39/h3-9,18-20,22,25H,10-17,21H2,1-2H3. The van der Waals surface area contributed by atoms with E-state index in [-0.39, 0.29) is 11.6 Å². The van der Waals surface area contributed by atoms with Gasteiger partial charge in [0, 0.05) is 43.7 Å². The Morgan fingerprint density at radius 3 is 2.43 bits per heavy atom. The summed E-state index contributed by atoms with van der Waals surface area (Å²) in [5.41, 5.74) is 3.68. The van der Waals surface area contributed by atoms with E-state index in [1.807, 2.05) is 72.2 Å². The van der Waals surface area contributed by atoms with Crippen molar-refractivity contribution < 1.29 is 14.2 Å². The highest BCUT2D eigenvalue weighted by atomic mass is 16.5. The van der Waals surface area contributed by atoms with Crippen molar-refractivity contribution in [2.75, 3.05) is 56.3 Å². The highest BCUT2D eigenvalue weighted by Gasteiger charge is 2.27. The predicted molar refractivity (Wildman–Crippen MR) is 171 cm³/mol. The summed E-state index contributed by atoms with van der Waals surface area (Å²) in [4.78, 5) is 32.6. The van der Waals surface area contributed by atoms with E-state index in [0.717, 1.165) is 72.4 Å². The van der Waals surface area contributed by atoms with Crippen LogP contribution in [0.3, 0.4) is 0 Å².